The Labute approximate surface area is 424 Å². The lowest BCUT2D eigenvalue weighted by molar-refractivity contribution is -0.104. The van der Waals surface area contributed by atoms with Gasteiger partial charge in [-0.1, -0.05) is 194 Å². The van der Waals surface area contributed by atoms with E-state index in [-0.39, 0.29) is 0 Å². The molecular weight excluding hydrogens is 921 g/mol. The van der Waals surface area contributed by atoms with E-state index in [4.69, 9.17) is 4.74 Å². The van der Waals surface area contributed by atoms with Gasteiger partial charge in [-0.2, -0.15) is 0 Å². The third kappa shape index (κ3) is 16.5. The number of fused-ring (bicyclic) bond motifs is 5. The molecule has 6 rings (SSSR count). The first-order valence-corrected chi connectivity index (χ1v) is 31.5. The summed E-state index contributed by atoms with van der Waals surface area (Å²) in [5.74, 6) is 0. The van der Waals surface area contributed by atoms with Gasteiger partial charge in [-0.25, -0.2) is 0 Å². The summed E-state index contributed by atoms with van der Waals surface area (Å²) in [5, 5.41) is 0. The lowest BCUT2D eigenvalue weighted by Crippen LogP contribution is -1.87. The normalized spacial score (nSPS) is 12.2. The highest BCUT2D eigenvalue weighted by Crippen LogP contribution is 2.56. The average Bonchev–Trinajstić information content (AvgIpc) is 4.20. The molecule has 6 aromatic heterocycles. The van der Waals surface area contributed by atoms with Gasteiger partial charge in [0.15, 0.2) is 0 Å². The quantitative estimate of drug-likeness (QED) is 0.0167. The Kier molecular flexibility index (Phi) is 25.2. The van der Waals surface area contributed by atoms with Crippen LogP contribution in [0.5, 0.6) is 0 Å². The van der Waals surface area contributed by atoms with Crippen molar-refractivity contribution < 1.29 is 9.53 Å². The van der Waals surface area contributed by atoms with E-state index >= 15 is 0 Å². The van der Waals surface area contributed by atoms with Crippen LogP contribution in [0.1, 0.15) is 227 Å². The van der Waals surface area contributed by atoms with Gasteiger partial charge in [-0.15, -0.1) is 68.0 Å². The highest BCUT2D eigenvalue weighted by atomic mass is 32.1. The molecule has 0 saturated carbocycles. The van der Waals surface area contributed by atoms with Crippen LogP contribution in [0, 0.1) is 0 Å². The molecule has 2 nitrogen and oxygen atoms in total. The maximum atomic E-state index is 11.2. The predicted octanol–water partition coefficient (Wildman–Crippen LogP) is 22.5. The molecule has 362 valence electrons. The molecule has 0 aliphatic rings. The van der Waals surface area contributed by atoms with Crippen LogP contribution < -0.4 is 0 Å². The Balaban J connectivity index is 1.10. The highest BCUT2D eigenvalue weighted by Gasteiger charge is 2.25. The van der Waals surface area contributed by atoms with E-state index < -0.39 is 0 Å². The number of hydrogen-bond donors (Lipinski definition) is 0. The summed E-state index contributed by atoms with van der Waals surface area (Å²) >= 11 is 12.0. The molecule has 6 aromatic rings. The van der Waals surface area contributed by atoms with Crippen molar-refractivity contribution in [2.24, 2.45) is 0 Å². The van der Waals surface area contributed by atoms with E-state index in [9.17, 15) is 4.79 Å². The van der Waals surface area contributed by atoms with Gasteiger partial charge in [0.25, 0.3) is 0 Å². The summed E-state index contributed by atoms with van der Waals surface area (Å²) in [4.78, 5) is 19.3. The largest absolute Gasteiger partial charge is 0.504 e. The average molecular weight is 1000 g/mol. The van der Waals surface area contributed by atoms with Crippen LogP contribution in [-0.2, 0) is 22.4 Å². The number of methoxy groups -OCH3 is 1. The number of hydrogen-bond acceptors (Lipinski definition) is 8. The molecule has 0 amide bonds. The monoisotopic (exact) mass is 1000 g/mol. The van der Waals surface area contributed by atoms with Crippen LogP contribution in [0.2, 0.25) is 0 Å². The van der Waals surface area contributed by atoms with Gasteiger partial charge in [0, 0.05) is 29.3 Å². The molecule has 0 atom stereocenters. The molecule has 0 aliphatic carbocycles. The van der Waals surface area contributed by atoms with E-state index in [0.717, 1.165) is 24.0 Å². The zero-order valence-electron chi connectivity index (χ0n) is 41.1. The van der Waals surface area contributed by atoms with Crippen molar-refractivity contribution in [1.82, 2.24) is 0 Å². The predicted molar refractivity (Wildman–Crippen MR) is 306 cm³/mol. The SMILES string of the molecule is CCCCCCCCCCCCCCCCCc1c(-c2ccc(/C=C/C=O)s2)sc2c1sc1c3sc(-c4ccc(/C=C/OC)s4)c(CCCCCCCCCCCCCCCCC)c3sc21. The number of thiophene rings is 6. The molecule has 8 heteroatoms. The standard InChI is InChI=1S/C58H82O2S6/c1-4-6-8-10-12-14-16-18-20-22-24-26-28-30-32-36-47-51(49-40-38-45(61-49)35-34-43-59)63-55-53(47)65-58-56-54(66-57(55)58)48(52(64-56)50-41-39-46(62-50)42-44-60-3)37-33-31-29-27-25-23-21-19-17-15-13-11-9-7-5-2/h34-35,38-44H,4-33,36-37H2,1-3H3/b35-34+,44-42+. The molecular formula is C58H82O2S6. The van der Waals surface area contributed by atoms with E-state index in [1.54, 1.807) is 35.3 Å². The van der Waals surface area contributed by atoms with Crippen molar-refractivity contribution in [2.75, 3.05) is 7.11 Å². The lowest BCUT2D eigenvalue weighted by atomic mass is 10.0. The number of aldehydes is 1. The minimum absolute atomic E-state index is 0.886. The minimum atomic E-state index is 0.886. The first-order valence-electron chi connectivity index (χ1n) is 26.6. The van der Waals surface area contributed by atoms with E-state index in [2.05, 4.69) is 78.2 Å². The molecule has 0 aromatic carbocycles. The number of carbonyl (C=O) groups is 1. The molecule has 0 unspecified atom stereocenters. The third-order valence-corrected chi connectivity index (χ3v) is 21.6. The summed E-state index contributed by atoms with van der Waals surface area (Å²) in [6.07, 6.45) is 52.6. The van der Waals surface area contributed by atoms with Gasteiger partial charge in [-0.05, 0) is 79.3 Å². The molecule has 0 radical (unpaired) electrons. The summed E-state index contributed by atoms with van der Waals surface area (Å²) < 4.78 is 14.4. The second kappa shape index (κ2) is 31.2. The Morgan fingerprint density at radius 2 is 0.727 bits per heavy atom. The second-order valence-electron chi connectivity index (χ2n) is 18.8. The topological polar surface area (TPSA) is 26.3 Å². The van der Waals surface area contributed by atoms with Crippen LogP contribution in [0.25, 0.3) is 59.9 Å². The number of rotatable bonds is 38. The first-order chi connectivity index (χ1) is 32.7. The summed E-state index contributed by atoms with van der Waals surface area (Å²) in [7, 11) is 1.73. The summed E-state index contributed by atoms with van der Waals surface area (Å²) in [6.45, 7) is 4.61. The minimum Gasteiger partial charge on any atom is -0.504 e. The number of carbonyl (C=O) groups excluding carboxylic acids is 1. The first kappa shape index (κ1) is 53.3. The number of aryl methyl sites for hydroxylation is 2. The number of allylic oxidation sites excluding steroid dienone is 1. The molecule has 0 fully saturated rings. The highest BCUT2D eigenvalue weighted by molar-refractivity contribution is 7.46. The zero-order chi connectivity index (χ0) is 46.0. The van der Waals surface area contributed by atoms with Crippen LogP contribution in [0.4, 0.5) is 0 Å². The zero-order valence-corrected chi connectivity index (χ0v) is 46.0. The Bertz CT molecular complexity index is 2300. The Morgan fingerprint density at radius 3 is 1.08 bits per heavy atom. The van der Waals surface area contributed by atoms with Crippen molar-refractivity contribution in [1.29, 1.82) is 0 Å². The van der Waals surface area contributed by atoms with Gasteiger partial charge in [-0.3, -0.25) is 4.79 Å². The second-order valence-corrected chi connectivity index (χ2v) is 25.1. The fraction of sp³-hybridized carbons (Fsp3) is 0.603. The van der Waals surface area contributed by atoms with E-state index in [1.165, 1.54) is 241 Å². The number of unbranched alkanes of at least 4 members (excludes halogenated alkanes) is 28. The van der Waals surface area contributed by atoms with Gasteiger partial charge in [0.2, 0.25) is 0 Å². The number of ether oxygens (including phenoxy) is 1. The fourth-order valence-corrected chi connectivity index (χ4v) is 18.0. The molecule has 0 aliphatic heterocycles. The van der Waals surface area contributed by atoms with Gasteiger partial charge < -0.3 is 4.74 Å². The Hall–Kier alpha value is -2.07. The van der Waals surface area contributed by atoms with E-state index in [1.807, 2.05) is 40.1 Å². The maximum Gasteiger partial charge on any atom is 0.142 e. The van der Waals surface area contributed by atoms with Crippen LogP contribution >= 0.6 is 68.0 Å². The molecule has 0 N–H and O–H groups in total. The molecule has 6 heterocycles. The summed E-state index contributed by atoms with van der Waals surface area (Å²) in [5.41, 5.74) is 3.16. The van der Waals surface area contributed by atoms with Crippen LogP contribution in [-0.4, -0.2) is 13.4 Å². The maximum absolute atomic E-state index is 11.2. The smallest absolute Gasteiger partial charge is 0.142 e. The van der Waals surface area contributed by atoms with Crippen molar-refractivity contribution in [3.05, 3.63) is 57.5 Å². The van der Waals surface area contributed by atoms with E-state index in [0.29, 0.717) is 0 Å². The van der Waals surface area contributed by atoms with Crippen molar-refractivity contribution in [3.8, 4) is 19.5 Å². The molecule has 0 saturated heterocycles. The fourth-order valence-electron chi connectivity index (χ4n) is 9.61. The van der Waals surface area contributed by atoms with Crippen molar-refractivity contribution in [3.63, 3.8) is 0 Å². The van der Waals surface area contributed by atoms with Crippen molar-refractivity contribution in [2.45, 2.75) is 219 Å². The van der Waals surface area contributed by atoms with Gasteiger partial charge in [0.05, 0.1) is 41.6 Å². The third-order valence-electron chi connectivity index (χ3n) is 13.4. The molecule has 66 heavy (non-hydrogen) atoms. The lowest BCUT2D eigenvalue weighted by Gasteiger charge is -2.05. The Morgan fingerprint density at radius 1 is 0.394 bits per heavy atom. The summed E-state index contributed by atoms with van der Waals surface area (Å²) in [6, 6.07) is 9.09. The van der Waals surface area contributed by atoms with Gasteiger partial charge >= 0.3 is 0 Å². The van der Waals surface area contributed by atoms with Gasteiger partial charge in [0.1, 0.15) is 6.29 Å². The molecule has 0 spiro atoms. The van der Waals surface area contributed by atoms with Crippen molar-refractivity contribution >= 4 is 115 Å². The van der Waals surface area contributed by atoms with Crippen LogP contribution in [0.3, 0.4) is 0 Å². The molecule has 0 bridgehead atoms. The van der Waals surface area contributed by atoms with Crippen LogP contribution in [0.15, 0.2) is 36.6 Å².